The number of carbonyl (C=O) groups excluding carboxylic acids is 1. The standard InChI is InChI=1S/C13H19N3O3/c1-4-9(2)19-12-10(8-15-16-13(14)17)6-5-7-11(12)18-3/h5-9H,4H2,1-3H3,(H3,14,16,17). The van der Waals surface area contributed by atoms with Crippen LogP contribution < -0.4 is 20.6 Å². The third kappa shape index (κ3) is 4.50. The number of hydrogen-bond acceptors (Lipinski definition) is 4. The minimum atomic E-state index is -0.719. The van der Waals surface area contributed by atoms with E-state index in [-0.39, 0.29) is 6.10 Å². The first-order valence-electron chi connectivity index (χ1n) is 6.00. The zero-order valence-electron chi connectivity index (χ0n) is 11.3. The van der Waals surface area contributed by atoms with Crippen molar-refractivity contribution in [2.45, 2.75) is 26.4 Å². The number of nitrogens with one attached hydrogen (secondary N) is 1. The number of urea groups is 1. The number of amides is 2. The van der Waals surface area contributed by atoms with Crippen molar-refractivity contribution < 1.29 is 14.3 Å². The van der Waals surface area contributed by atoms with Gasteiger partial charge in [0, 0.05) is 5.56 Å². The average molecular weight is 265 g/mol. The molecular formula is C13H19N3O3. The Morgan fingerprint density at radius 2 is 2.32 bits per heavy atom. The highest BCUT2D eigenvalue weighted by molar-refractivity contribution is 5.86. The minimum absolute atomic E-state index is 0.0487. The van der Waals surface area contributed by atoms with E-state index in [0.717, 1.165) is 6.42 Å². The molecule has 1 unspecified atom stereocenters. The molecule has 0 aromatic heterocycles. The summed E-state index contributed by atoms with van der Waals surface area (Å²) in [5.74, 6) is 1.21. The highest BCUT2D eigenvalue weighted by atomic mass is 16.5. The summed E-state index contributed by atoms with van der Waals surface area (Å²) < 4.78 is 11.1. The first kappa shape index (κ1) is 14.8. The lowest BCUT2D eigenvalue weighted by atomic mass is 10.2. The third-order valence-corrected chi connectivity index (χ3v) is 2.50. The smallest absolute Gasteiger partial charge is 0.332 e. The van der Waals surface area contributed by atoms with Gasteiger partial charge in [0.05, 0.1) is 19.4 Å². The Balaban J connectivity index is 3.01. The van der Waals surface area contributed by atoms with Gasteiger partial charge in [-0.1, -0.05) is 13.0 Å². The molecule has 2 amide bonds. The van der Waals surface area contributed by atoms with Crippen LogP contribution >= 0.6 is 0 Å². The van der Waals surface area contributed by atoms with Gasteiger partial charge in [-0.05, 0) is 25.5 Å². The van der Waals surface area contributed by atoms with Crippen molar-refractivity contribution >= 4 is 12.2 Å². The largest absolute Gasteiger partial charge is 0.493 e. The molecular weight excluding hydrogens is 246 g/mol. The number of nitrogens with two attached hydrogens (primary N) is 1. The van der Waals surface area contributed by atoms with Crippen LogP contribution in [0.15, 0.2) is 23.3 Å². The Labute approximate surface area is 112 Å². The van der Waals surface area contributed by atoms with Gasteiger partial charge in [-0.3, -0.25) is 0 Å². The van der Waals surface area contributed by atoms with Crippen LogP contribution in [0.2, 0.25) is 0 Å². The number of carbonyl (C=O) groups is 1. The zero-order valence-corrected chi connectivity index (χ0v) is 11.3. The molecule has 0 aliphatic heterocycles. The molecule has 0 bridgehead atoms. The Bertz CT molecular complexity index is 460. The van der Waals surface area contributed by atoms with Crippen molar-refractivity contribution in [1.29, 1.82) is 0 Å². The summed E-state index contributed by atoms with van der Waals surface area (Å²) in [5.41, 5.74) is 7.77. The lowest BCUT2D eigenvalue weighted by Crippen LogP contribution is -2.24. The molecule has 0 fully saturated rings. The third-order valence-electron chi connectivity index (χ3n) is 2.50. The van der Waals surface area contributed by atoms with Crippen molar-refractivity contribution in [2.75, 3.05) is 7.11 Å². The van der Waals surface area contributed by atoms with Crippen LogP contribution in [0.25, 0.3) is 0 Å². The Hall–Kier alpha value is -2.24. The van der Waals surface area contributed by atoms with Crippen LogP contribution in [0, 0.1) is 0 Å². The summed E-state index contributed by atoms with van der Waals surface area (Å²) in [4.78, 5) is 10.6. The molecule has 0 aliphatic rings. The molecule has 0 radical (unpaired) electrons. The Morgan fingerprint density at radius 1 is 1.58 bits per heavy atom. The summed E-state index contributed by atoms with van der Waals surface area (Å²) in [5, 5.41) is 3.73. The van der Waals surface area contributed by atoms with Crippen molar-refractivity contribution in [2.24, 2.45) is 10.8 Å². The fourth-order valence-electron chi connectivity index (χ4n) is 1.37. The van der Waals surface area contributed by atoms with Crippen LogP contribution in [0.4, 0.5) is 4.79 Å². The molecule has 0 saturated carbocycles. The first-order chi connectivity index (χ1) is 9.08. The number of hydrazone groups is 1. The predicted octanol–water partition coefficient (Wildman–Crippen LogP) is 1.87. The summed E-state index contributed by atoms with van der Waals surface area (Å²) >= 11 is 0. The van der Waals surface area contributed by atoms with Crippen LogP contribution in [0.3, 0.4) is 0 Å². The van der Waals surface area contributed by atoms with Crippen LogP contribution in [-0.2, 0) is 0 Å². The number of rotatable bonds is 6. The maximum Gasteiger partial charge on any atom is 0.332 e. The van der Waals surface area contributed by atoms with Crippen molar-refractivity contribution in [3.63, 3.8) is 0 Å². The molecule has 0 aliphatic carbocycles. The van der Waals surface area contributed by atoms with E-state index < -0.39 is 6.03 Å². The van der Waals surface area contributed by atoms with E-state index in [0.29, 0.717) is 17.1 Å². The topological polar surface area (TPSA) is 85.9 Å². The number of hydrogen-bond donors (Lipinski definition) is 2. The highest BCUT2D eigenvalue weighted by Crippen LogP contribution is 2.31. The van der Waals surface area contributed by atoms with Crippen LogP contribution in [0.5, 0.6) is 11.5 Å². The second-order valence-corrected chi connectivity index (χ2v) is 3.95. The molecule has 0 spiro atoms. The fraction of sp³-hybridized carbons (Fsp3) is 0.385. The first-order valence-corrected chi connectivity index (χ1v) is 6.00. The molecule has 6 heteroatoms. The Kier molecular flexibility index (Phi) is 5.66. The average Bonchev–Trinajstić information content (AvgIpc) is 2.39. The van der Waals surface area contributed by atoms with Gasteiger partial charge in [0.1, 0.15) is 0 Å². The maximum atomic E-state index is 10.6. The van der Waals surface area contributed by atoms with Crippen LogP contribution in [0.1, 0.15) is 25.8 Å². The van der Waals surface area contributed by atoms with Crippen LogP contribution in [-0.4, -0.2) is 25.5 Å². The van der Waals surface area contributed by atoms with E-state index in [1.807, 2.05) is 26.0 Å². The molecule has 1 rings (SSSR count). The minimum Gasteiger partial charge on any atom is -0.493 e. The molecule has 1 aromatic carbocycles. The summed E-state index contributed by atoms with van der Waals surface area (Å²) in [6.07, 6.45) is 2.38. The highest BCUT2D eigenvalue weighted by Gasteiger charge is 2.12. The van der Waals surface area contributed by atoms with Gasteiger partial charge in [-0.15, -0.1) is 0 Å². The molecule has 1 atom stereocenters. The SMILES string of the molecule is CCC(C)Oc1c(C=NNC(N)=O)cccc1OC. The molecule has 1 aromatic rings. The molecule has 104 valence electrons. The lowest BCUT2D eigenvalue weighted by Gasteiger charge is -2.17. The predicted molar refractivity (Wildman–Crippen MR) is 73.7 cm³/mol. The number of ether oxygens (including phenoxy) is 2. The summed E-state index contributed by atoms with van der Waals surface area (Å²) in [7, 11) is 1.57. The number of methoxy groups -OCH3 is 1. The van der Waals surface area contributed by atoms with Gasteiger partial charge >= 0.3 is 6.03 Å². The van der Waals surface area contributed by atoms with Gasteiger partial charge in [0.2, 0.25) is 0 Å². The Morgan fingerprint density at radius 3 is 2.89 bits per heavy atom. The van der Waals surface area contributed by atoms with Crippen molar-refractivity contribution in [1.82, 2.24) is 5.43 Å². The second kappa shape index (κ2) is 7.25. The summed E-state index contributed by atoms with van der Waals surface area (Å²) in [6.45, 7) is 4.00. The van der Waals surface area contributed by atoms with E-state index in [1.54, 1.807) is 13.2 Å². The van der Waals surface area contributed by atoms with Gasteiger partial charge < -0.3 is 15.2 Å². The number of primary amides is 1. The van der Waals surface area contributed by atoms with E-state index >= 15 is 0 Å². The molecule has 3 N–H and O–H groups in total. The van der Waals surface area contributed by atoms with E-state index in [2.05, 4.69) is 10.5 Å². The van der Waals surface area contributed by atoms with E-state index in [4.69, 9.17) is 15.2 Å². The second-order valence-electron chi connectivity index (χ2n) is 3.95. The fourth-order valence-corrected chi connectivity index (χ4v) is 1.37. The van der Waals surface area contributed by atoms with Crippen molar-refractivity contribution in [3.8, 4) is 11.5 Å². The number of nitrogens with zero attached hydrogens (tertiary/aromatic N) is 1. The van der Waals surface area contributed by atoms with Crippen molar-refractivity contribution in [3.05, 3.63) is 23.8 Å². The van der Waals surface area contributed by atoms with Gasteiger partial charge in [0.25, 0.3) is 0 Å². The normalized spacial score (nSPS) is 12.2. The number of benzene rings is 1. The van der Waals surface area contributed by atoms with Gasteiger partial charge in [-0.2, -0.15) is 5.10 Å². The monoisotopic (exact) mass is 265 g/mol. The zero-order chi connectivity index (χ0) is 14.3. The van der Waals surface area contributed by atoms with Gasteiger partial charge in [-0.25, -0.2) is 10.2 Å². The lowest BCUT2D eigenvalue weighted by molar-refractivity contribution is 0.207. The summed E-state index contributed by atoms with van der Waals surface area (Å²) in [6, 6.07) is 4.71. The quantitative estimate of drug-likeness (QED) is 0.608. The molecule has 6 nitrogen and oxygen atoms in total. The number of para-hydroxylation sites is 1. The maximum absolute atomic E-state index is 10.6. The molecule has 0 heterocycles. The van der Waals surface area contributed by atoms with Gasteiger partial charge in [0.15, 0.2) is 11.5 Å². The van der Waals surface area contributed by atoms with E-state index in [1.165, 1.54) is 6.21 Å². The molecule has 0 saturated heterocycles. The van der Waals surface area contributed by atoms with E-state index in [9.17, 15) is 4.79 Å². The molecule has 19 heavy (non-hydrogen) atoms.